The van der Waals surface area contributed by atoms with Crippen LogP contribution in [0.4, 0.5) is 0 Å². The molecule has 1 rings (SSSR count). The highest BCUT2D eigenvalue weighted by Crippen LogP contribution is 2.28. The lowest BCUT2D eigenvalue weighted by Gasteiger charge is -2.34. The summed E-state index contributed by atoms with van der Waals surface area (Å²) >= 11 is 0. The van der Waals surface area contributed by atoms with E-state index in [4.69, 9.17) is 0 Å². The predicted molar refractivity (Wildman–Crippen MR) is 62.6 cm³/mol. The molecule has 1 aromatic carbocycles. The van der Waals surface area contributed by atoms with Crippen molar-refractivity contribution < 1.29 is 0 Å². The van der Waals surface area contributed by atoms with E-state index in [0.29, 0.717) is 6.04 Å². The molecule has 1 nitrogen and oxygen atoms in total. The van der Waals surface area contributed by atoms with Gasteiger partial charge in [0.05, 0.1) is 0 Å². The first-order chi connectivity index (χ1) is 6.62. The molecule has 0 amide bonds. The van der Waals surface area contributed by atoms with E-state index in [1.54, 1.807) is 0 Å². The standard InChI is InChI=1S/C13H21N/c1-5-12(14-4)13(2,3)11-9-7-6-8-10-11/h6-10,12,14H,5H2,1-4H3. The van der Waals surface area contributed by atoms with Crippen LogP contribution >= 0.6 is 0 Å². The van der Waals surface area contributed by atoms with Crippen LogP contribution in [0.3, 0.4) is 0 Å². The van der Waals surface area contributed by atoms with Crippen LogP contribution in [0, 0.1) is 0 Å². The van der Waals surface area contributed by atoms with E-state index in [1.807, 2.05) is 7.05 Å². The van der Waals surface area contributed by atoms with Gasteiger partial charge in [-0.2, -0.15) is 0 Å². The molecule has 1 N–H and O–H groups in total. The molecule has 0 aliphatic rings. The maximum absolute atomic E-state index is 3.39. The lowest BCUT2D eigenvalue weighted by Crippen LogP contribution is -2.42. The Bertz CT molecular complexity index is 260. The number of likely N-dealkylation sites (N-methyl/N-ethyl adjacent to an activating group) is 1. The molecule has 1 aromatic rings. The number of rotatable bonds is 4. The van der Waals surface area contributed by atoms with E-state index < -0.39 is 0 Å². The van der Waals surface area contributed by atoms with Crippen LogP contribution in [-0.4, -0.2) is 13.1 Å². The van der Waals surface area contributed by atoms with Crippen LogP contribution in [0.15, 0.2) is 30.3 Å². The lowest BCUT2D eigenvalue weighted by atomic mass is 9.77. The average molecular weight is 191 g/mol. The van der Waals surface area contributed by atoms with Crippen molar-refractivity contribution in [3.8, 4) is 0 Å². The van der Waals surface area contributed by atoms with Gasteiger partial charge in [0.15, 0.2) is 0 Å². The van der Waals surface area contributed by atoms with Crippen molar-refractivity contribution in [2.45, 2.75) is 38.6 Å². The topological polar surface area (TPSA) is 12.0 Å². The Labute approximate surface area is 87.5 Å². The minimum Gasteiger partial charge on any atom is -0.316 e. The van der Waals surface area contributed by atoms with Crippen LogP contribution < -0.4 is 5.32 Å². The normalized spacial score (nSPS) is 14.0. The summed E-state index contributed by atoms with van der Waals surface area (Å²) in [7, 11) is 2.04. The first-order valence-electron chi connectivity index (χ1n) is 5.35. The number of hydrogen-bond acceptors (Lipinski definition) is 1. The Morgan fingerprint density at radius 1 is 1.21 bits per heavy atom. The van der Waals surface area contributed by atoms with Crippen LogP contribution in [0.2, 0.25) is 0 Å². The Morgan fingerprint density at radius 2 is 1.79 bits per heavy atom. The van der Waals surface area contributed by atoms with Crippen LogP contribution in [0.5, 0.6) is 0 Å². The second kappa shape index (κ2) is 4.61. The molecule has 0 saturated heterocycles. The van der Waals surface area contributed by atoms with E-state index in [9.17, 15) is 0 Å². The molecule has 0 spiro atoms. The van der Waals surface area contributed by atoms with Gasteiger partial charge < -0.3 is 5.32 Å². The van der Waals surface area contributed by atoms with Gasteiger partial charge in [-0.05, 0) is 19.0 Å². The molecular formula is C13H21N. The summed E-state index contributed by atoms with van der Waals surface area (Å²) in [5.74, 6) is 0. The molecule has 0 aromatic heterocycles. The number of hydrogen-bond donors (Lipinski definition) is 1. The molecule has 1 heteroatoms. The van der Waals surface area contributed by atoms with Gasteiger partial charge in [-0.15, -0.1) is 0 Å². The van der Waals surface area contributed by atoms with Gasteiger partial charge in [0.2, 0.25) is 0 Å². The van der Waals surface area contributed by atoms with Crippen molar-refractivity contribution in [3.63, 3.8) is 0 Å². The van der Waals surface area contributed by atoms with E-state index >= 15 is 0 Å². The van der Waals surface area contributed by atoms with Crippen LogP contribution in [0.1, 0.15) is 32.8 Å². The van der Waals surface area contributed by atoms with Gasteiger partial charge in [0.1, 0.15) is 0 Å². The Hall–Kier alpha value is -0.820. The highest BCUT2D eigenvalue weighted by molar-refractivity contribution is 5.25. The van der Waals surface area contributed by atoms with Crippen molar-refractivity contribution >= 4 is 0 Å². The molecule has 1 unspecified atom stereocenters. The molecule has 0 aliphatic carbocycles. The molecule has 0 heterocycles. The minimum atomic E-state index is 0.199. The van der Waals surface area contributed by atoms with E-state index in [-0.39, 0.29) is 5.41 Å². The van der Waals surface area contributed by atoms with E-state index in [0.717, 1.165) is 6.42 Å². The lowest BCUT2D eigenvalue weighted by molar-refractivity contribution is 0.350. The average Bonchev–Trinajstić information content (AvgIpc) is 2.20. The molecule has 0 aliphatic heterocycles. The fourth-order valence-corrected chi connectivity index (χ4v) is 2.14. The highest BCUT2D eigenvalue weighted by atomic mass is 14.9. The molecule has 0 fully saturated rings. The van der Waals surface area contributed by atoms with Gasteiger partial charge in [0, 0.05) is 11.5 Å². The summed E-state index contributed by atoms with van der Waals surface area (Å²) in [4.78, 5) is 0. The first-order valence-corrected chi connectivity index (χ1v) is 5.35. The fourth-order valence-electron chi connectivity index (χ4n) is 2.14. The molecule has 0 saturated carbocycles. The smallest absolute Gasteiger partial charge is 0.0153 e. The summed E-state index contributed by atoms with van der Waals surface area (Å²) in [6, 6.07) is 11.2. The second-order valence-corrected chi connectivity index (χ2v) is 4.34. The molecule has 0 radical (unpaired) electrons. The Balaban J connectivity index is 2.94. The van der Waals surface area contributed by atoms with E-state index in [1.165, 1.54) is 5.56 Å². The van der Waals surface area contributed by atoms with Gasteiger partial charge >= 0.3 is 0 Å². The summed E-state index contributed by atoms with van der Waals surface area (Å²) < 4.78 is 0. The van der Waals surface area contributed by atoms with E-state index in [2.05, 4.69) is 56.4 Å². The molecular weight excluding hydrogens is 170 g/mol. The van der Waals surface area contributed by atoms with Crippen molar-refractivity contribution in [2.24, 2.45) is 0 Å². The number of nitrogens with one attached hydrogen (secondary N) is 1. The van der Waals surface area contributed by atoms with Crippen molar-refractivity contribution in [1.82, 2.24) is 5.32 Å². The highest BCUT2D eigenvalue weighted by Gasteiger charge is 2.28. The first kappa shape index (κ1) is 11.3. The Morgan fingerprint density at radius 3 is 2.21 bits per heavy atom. The van der Waals surface area contributed by atoms with Crippen molar-refractivity contribution in [2.75, 3.05) is 7.05 Å². The zero-order valence-electron chi connectivity index (χ0n) is 9.67. The summed E-state index contributed by atoms with van der Waals surface area (Å²) in [5, 5.41) is 3.39. The zero-order valence-corrected chi connectivity index (χ0v) is 9.67. The van der Waals surface area contributed by atoms with Crippen LogP contribution in [-0.2, 0) is 5.41 Å². The van der Waals surface area contributed by atoms with Gasteiger partial charge in [-0.3, -0.25) is 0 Å². The maximum Gasteiger partial charge on any atom is 0.0153 e. The largest absolute Gasteiger partial charge is 0.316 e. The fraction of sp³-hybridized carbons (Fsp3) is 0.538. The third kappa shape index (κ3) is 2.16. The third-order valence-corrected chi connectivity index (χ3v) is 3.15. The minimum absolute atomic E-state index is 0.199. The summed E-state index contributed by atoms with van der Waals surface area (Å²) in [5.41, 5.74) is 1.60. The van der Waals surface area contributed by atoms with Crippen molar-refractivity contribution in [3.05, 3.63) is 35.9 Å². The summed E-state index contributed by atoms with van der Waals surface area (Å²) in [6.45, 7) is 6.83. The monoisotopic (exact) mass is 191 g/mol. The number of benzene rings is 1. The molecule has 14 heavy (non-hydrogen) atoms. The quantitative estimate of drug-likeness (QED) is 0.771. The summed E-state index contributed by atoms with van der Waals surface area (Å²) in [6.07, 6.45) is 1.15. The molecule has 1 atom stereocenters. The molecule has 0 bridgehead atoms. The maximum atomic E-state index is 3.39. The van der Waals surface area contributed by atoms with Crippen LogP contribution in [0.25, 0.3) is 0 Å². The van der Waals surface area contributed by atoms with Gasteiger partial charge in [-0.25, -0.2) is 0 Å². The van der Waals surface area contributed by atoms with Crippen molar-refractivity contribution in [1.29, 1.82) is 0 Å². The third-order valence-electron chi connectivity index (χ3n) is 3.15. The molecule has 78 valence electrons. The zero-order chi connectivity index (χ0) is 10.6. The van der Waals surface area contributed by atoms with Gasteiger partial charge in [0.25, 0.3) is 0 Å². The SMILES string of the molecule is CCC(NC)C(C)(C)c1ccccc1. The second-order valence-electron chi connectivity index (χ2n) is 4.34. The Kier molecular flexibility index (Phi) is 3.70. The predicted octanol–water partition coefficient (Wildman–Crippen LogP) is 2.96. The van der Waals surface area contributed by atoms with Gasteiger partial charge in [-0.1, -0.05) is 51.1 Å².